The van der Waals surface area contributed by atoms with Crippen LogP contribution in [0, 0.1) is 11.6 Å². The minimum absolute atomic E-state index is 0. The van der Waals surface area contributed by atoms with Gasteiger partial charge in [0, 0.05) is 57.4 Å². The summed E-state index contributed by atoms with van der Waals surface area (Å²) in [6.07, 6.45) is 12.5. The molecule has 0 unspecified atom stereocenters. The Kier molecular flexibility index (Phi) is 23.6. The van der Waals surface area contributed by atoms with Crippen LogP contribution < -0.4 is 0 Å². The second kappa shape index (κ2) is 28.2. The van der Waals surface area contributed by atoms with Crippen LogP contribution in [0.3, 0.4) is 0 Å². The van der Waals surface area contributed by atoms with E-state index >= 15 is 0 Å². The van der Waals surface area contributed by atoms with Crippen molar-refractivity contribution in [2.24, 2.45) is 0 Å². The molecule has 2 aliphatic carbocycles. The highest BCUT2D eigenvalue weighted by Crippen LogP contribution is 2.47. The summed E-state index contributed by atoms with van der Waals surface area (Å²) in [5, 5.41) is 12.3. The largest absolute Gasteiger partial charge is 0.547 e. The van der Waals surface area contributed by atoms with Crippen LogP contribution in [0.4, 0.5) is 8.78 Å². The number of ketones is 2. The molecule has 1 atom stereocenters. The Labute approximate surface area is 439 Å². The molecule has 2 aliphatic rings. The first-order valence-electron chi connectivity index (χ1n) is 24.8. The number of carbonyl (C=O) groups is 3. The number of aldehydes is 1. The number of para-hydroxylation sites is 2. The lowest BCUT2D eigenvalue weighted by Gasteiger charge is -2.22. The summed E-state index contributed by atoms with van der Waals surface area (Å²) in [6, 6.07) is 28.7. The van der Waals surface area contributed by atoms with Gasteiger partial charge in [-0.05, 0) is 138 Å². The number of nitrogens with zero attached hydrogens (tertiary/aromatic N) is 2. The quantitative estimate of drug-likeness (QED) is 0.0181. The molecule has 8 rings (SSSR count). The zero-order valence-corrected chi connectivity index (χ0v) is 46.1. The molecule has 4 aromatic carbocycles. The van der Waals surface area contributed by atoms with Gasteiger partial charge in [-0.25, -0.2) is 8.78 Å². The van der Waals surface area contributed by atoms with E-state index in [1.54, 1.807) is 30.3 Å². The molecular formula is C61H77F2N2O7Si2+. The summed E-state index contributed by atoms with van der Waals surface area (Å²) in [5.74, 6) is 1.34. The second-order valence-electron chi connectivity index (χ2n) is 19.9. The summed E-state index contributed by atoms with van der Waals surface area (Å²) in [7, 11) is -3.03. The van der Waals surface area contributed by atoms with Crippen molar-refractivity contribution in [2.75, 3.05) is 0 Å². The number of halogens is 2. The van der Waals surface area contributed by atoms with Gasteiger partial charge >= 0.3 is 0 Å². The Morgan fingerprint density at radius 2 is 1.12 bits per heavy atom. The number of carbonyl (C=O) groups excluding carboxylic acids is 3. The third kappa shape index (κ3) is 18.8. The smallest absolute Gasteiger partial charge is 0.242 e. The van der Waals surface area contributed by atoms with E-state index in [9.17, 15) is 28.3 Å². The van der Waals surface area contributed by atoms with Crippen molar-refractivity contribution < 1.29 is 42.6 Å². The molecule has 0 amide bonds. The summed E-state index contributed by atoms with van der Waals surface area (Å²) < 4.78 is 38.5. The predicted octanol–water partition coefficient (Wildman–Crippen LogP) is 15.2. The number of hydrogen-bond acceptors (Lipinski definition) is 8. The molecule has 2 heterocycles. The lowest BCUT2D eigenvalue weighted by molar-refractivity contribution is -0.126. The molecule has 0 spiro atoms. The highest BCUT2D eigenvalue weighted by molar-refractivity contribution is 6.70. The molecule has 6 aromatic rings. The second-order valence-corrected chi connectivity index (χ2v) is 28.7. The van der Waals surface area contributed by atoms with E-state index in [4.69, 9.17) is 18.8 Å². The lowest BCUT2D eigenvalue weighted by atomic mass is 9.92. The zero-order chi connectivity index (χ0) is 52.8. The standard InChI is InChI=1S/C26H24FNO3.C21H16FNO.C11H24O2Si2.C2H6.CH4.H2O/c1-16(29)14-21(31)15-20(30)12-13-23-25(17-8-10-19(27)11-9-17)22-4-2-3-5-24(22)28-26(23)18-6-7-18;22-16-11-9-14(10-12-16)20-17-4-1-2-6-19(17)23-21(15-7-8-15)18(20)5-3-13-24;1-10(12-14(3,4)5)9-11(2)13-15(6,7)8;1-2;;/h2-5,8-13,18,20,30H,6-7,14-15H2,1H3;1-6,9-13,15H,7-8H2;9H,1H2,2-8H3;1-2H3;1H4;1H2/p+1/b13-12+;5-3+;11-9-;;;/t20-;;;;;/m1...../s1. The van der Waals surface area contributed by atoms with Gasteiger partial charge in [0.25, 0.3) is 0 Å². The minimum atomic E-state index is -1.53. The van der Waals surface area contributed by atoms with Crippen LogP contribution in [-0.2, 0) is 28.7 Å². The van der Waals surface area contributed by atoms with Crippen molar-refractivity contribution in [1.29, 1.82) is 0 Å². The van der Waals surface area contributed by atoms with Gasteiger partial charge < -0.3 is 19.4 Å². The van der Waals surface area contributed by atoms with Crippen LogP contribution in [0.1, 0.15) is 108 Å². The van der Waals surface area contributed by atoms with E-state index in [0.29, 0.717) is 17.6 Å². The molecule has 0 radical (unpaired) electrons. The number of pyridine rings is 2. The Morgan fingerprint density at radius 1 is 0.703 bits per heavy atom. The van der Waals surface area contributed by atoms with Crippen molar-refractivity contribution in [3.63, 3.8) is 0 Å². The first-order valence-corrected chi connectivity index (χ1v) is 31.6. The fourth-order valence-electron chi connectivity index (χ4n) is 8.18. The number of benzene rings is 4. The molecule has 2 fully saturated rings. The maximum Gasteiger partial charge on any atom is 0.242 e. The molecule has 2 aromatic heterocycles. The van der Waals surface area contributed by atoms with Crippen LogP contribution >= 0.6 is 0 Å². The Balaban J connectivity index is 0.000000301. The molecule has 13 heteroatoms. The van der Waals surface area contributed by atoms with Gasteiger partial charge in [0.15, 0.2) is 0 Å². The molecule has 394 valence electrons. The van der Waals surface area contributed by atoms with Gasteiger partial charge in [-0.2, -0.15) is 0 Å². The Bertz CT molecular complexity index is 2950. The van der Waals surface area contributed by atoms with Crippen LogP contribution in [0.5, 0.6) is 0 Å². The molecule has 74 heavy (non-hydrogen) atoms. The fourth-order valence-corrected chi connectivity index (χ4v) is 10.0. The number of rotatable bonds is 17. The maximum absolute atomic E-state index is 13.6. The van der Waals surface area contributed by atoms with Gasteiger partial charge in [-0.3, -0.25) is 24.4 Å². The third-order valence-electron chi connectivity index (χ3n) is 11.1. The van der Waals surface area contributed by atoms with Gasteiger partial charge in [-0.15, -0.1) is 0 Å². The first-order chi connectivity index (χ1) is 34.2. The monoisotopic (exact) mass is 1040 g/mol. The average molecular weight is 1040 g/mol. The molecule has 0 aliphatic heterocycles. The number of hydrogen-bond donors (Lipinski definition) is 1. The zero-order valence-electron chi connectivity index (χ0n) is 44.1. The summed E-state index contributed by atoms with van der Waals surface area (Å²) >= 11 is 0. The Morgan fingerprint density at radius 3 is 1.51 bits per heavy atom. The van der Waals surface area contributed by atoms with E-state index < -0.39 is 22.7 Å². The third-order valence-corrected chi connectivity index (χ3v) is 12.9. The lowest BCUT2D eigenvalue weighted by Crippen LogP contribution is -2.25. The van der Waals surface area contributed by atoms with Crippen LogP contribution in [0.15, 0.2) is 133 Å². The van der Waals surface area contributed by atoms with E-state index in [0.717, 1.165) is 104 Å². The van der Waals surface area contributed by atoms with Gasteiger partial charge in [-0.1, -0.05) is 101 Å². The number of Topliss-reactive ketones (excluding diaryl/α,β-unsaturated/α-hetero) is 2. The maximum atomic E-state index is 13.6. The molecule has 4 N–H and O–H groups in total. The molecule has 0 saturated heterocycles. The summed E-state index contributed by atoms with van der Waals surface area (Å²) in [6.45, 7) is 24.1. The SMILES string of the molecule is C.C=C(/C=C(/C)O[Si](C)(C)C)O[Si](C)(C)C.CC.CC(=O)CC(=O)C[C@H](O)/C=C/c1c(C2CC2)nc2ccccc2c1-c1ccc(F)cc1.O=C/C=C/c1c(C2CC2)nc2ccccc2c1-c1ccc(F)cc1.[OH3+]. The summed E-state index contributed by atoms with van der Waals surface area (Å²) in [4.78, 5) is 43.7. The number of allylic oxidation sites excluding steroid dienone is 3. The fraction of sp³-hybridized carbons (Fsp3) is 0.328. The Hall–Kier alpha value is -6.52. The van der Waals surface area contributed by atoms with E-state index in [2.05, 4.69) is 45.9 Å². The van der Waals surface area contributed by atoms with Gasteiger partial charge in [0.2, 0.25) is 16.6 Å². The van der Waals surface area contributed by atoms with Crippen molar-refractivity contribution in [3.05, 3.63) is 168 Å². The van der Waals surface area contributed by atoms with Crippen molar-refractivity contribution >= 4 is 68.4 Å². The highest BCUT2D eigenvalue weighted by Gasteiger charge is 2.31. The number of aromatic nitrogens is 2. The minimum Gasteiger partial charge on any atom is -0.547 e. The van der Waals surface area contributed by atoms with E-state index in [-0.39, 0.29) is 48.9 Å². The molecule has 9 nitrogen and oxygen atoms in total. The highest BCUT2D eigenvalue weighted by atomic mass is 28.4. The van der Waals surface area contributed by atoms with Gasteiger partial charge in [0.1, 0.15) is 29.5 Å². The van der Waals surface area contributed by atoms with Crippen molar-refractivity contribution in [1.82, 2.24) is 9.97 Å². The van der Waals surface area contributed by atoms with Crippen molar-refractivity contribution in [3.8, 4) is 22.3 Å². The van der Waals surface area contributed by atoms with Gasteiger partial charge in [0.05, 0.1) is 46.5 Å². The number of aliphatic hydroxyl groups excluding tert-OH is 1. The summed E-state index contributed by atoms with van der Waals surface area (Å²) in [5.41, 5.74) is 9.39. The van der Waals surface area contributed by atoms with E-state index in [1.165, 1.54) is 37.3 Å². The molecule has 0 bridgehead atoms. The number of aliphatic hydroxyl groups is 1. The average Bonchev–Trinajstić information content (AvgIpc) is 4.25. The van der Waals surface area contributed by atoms with Crippen LogP contribution in [0.2, 0.25) is 39.3 Å². The van der Waals surface area contributed by atoms with Crippen LogP contribution in [0.25, 0.3) is 56.2 Å². The first kappa shape index (κ1) is 61.8. The topological polar surface area (TPSA) is 149 Å². The van der Waals surface area contributed by atoms with Crippen molar-refractivity contribution in [2.45, 2.75) is 131 Å². The predicted molar refractivity (Wildman–Crippen MR) is 308 cm³/mol. The van der Waals surface area contributed by atoms with Crippen LogP contribution in [-0.4, -0.2) is 55.7 Å². The number of fused-ring (bicyclic) bond motifs is 2. The molecule has 2 saturated carbocycles. The molecular weight excluding hydrogens is 967 g/mol. The normalized spacial score (nSPS) is 13.7. The van der Waals surface area contributed by atoms with E-state index in [1.807, 2.05) is 87.5 Å².